The Hall–Kier alpha value is -1.04. The highest BCUT2D eigenvalue weighted by molar-refractivity contribution is 5.76. The lowest BCUT2D eigenvalue weighted by Gasteiger charge is -2.31. The highest BCUT2D eigenvalue weighted by Gasteiger charge is 2.40. The molecule has 3 aliphatic rings. The van der Waals surface area contributed by atoms with Gasteiger partial charge in [-0.1, -0.05) is 6.42 Å². The van der Waals surface area contributed by atoms with Gasteiger partial charge in [-0.3, -0.25) is 4.79 Å². The topological polar surface area (TPSA) is 44.1 Å². The van der Waals surface area contributed by atoms with Gasteiger partial charge in [0.2, 0.25) is 5.91 Å². The second kappa shape index (κ2) is 4.91. The highest BCUT2D eigenvalue weighted by Crippen LogP contribution is 2.49. The van der Waals surface area contributed by atoms with Crippen molar-refractivity contribution in [1.29, 1.82) is 5.26 Å². The van der Waals surface area contributed by atoms with Crippen LogP contribution in [0.2, 0.25) is 0 Å². The molecule has 3 nitrogen and oxygen atoms in total. The van der Waals surface area contributed by atoms with Crippen LogP contribution < -0.4 is 0 Å². The zero-order valence-electron chi connectivity index (χ0n) is 11.0. The number of nitriles is 1. The normalized spacial score (nSPS) is 35.7. The first-order chi connectivity index (χ1) is 8.76. The van der Waals surface area contributed by atoms with Gasteiger partial charge in [-0.15, -0.1) is 0 Å². The molecule has 1 saturated heterocycles. The minimum Gasteiger partial charge on any atom is -0.343 e. The van der Waals surface area contributed by atoms with Gasteiger partial charge in [0, 0.05) is 25.4 Å². The van der Waals surface area contributed by atoms with Crippen molar-refractivity contribution in [3.05, 3.63) is 0 Å². The Morgan fingerprint density at radius 2 is 1.94 bits per heavy atom. The van der Waals surface area contributed by atoms with E-state index in [0.717, 1.165) is 44.2 Å². The third-order valence-electron chi connectivity index (χ3n) is 5.35. The van der Waals surface area contributed by atoms with E-state index in [0.29, 0.717) is 11.8 Å². The van der Waals surface area contributed by atoms with Gasteiger partial charge in [-0.25, -0.2) is 0 Å². The van der Waals surface area contributed by atoms with Crippen molar-refractivity contribution >= 4 is 5.91 Å². The van der Waals surface area contributed by atoms with Crippen LogP contribution in [0.4, 0.5) is 0 Å². The molecule has 1 amide bonds. The lowest BCUT2D eigenvalue weighted by molar-refractivity contribution is -0.133. The molecule has 0 radical (unpaired) electrons. The van der Waals surface area contributed by atoms with E-state index in [9.17, 15) is 4.79 Å². The number of carbonyl (C=O) groups is 1. The molecular formula is C15H22N2O. The fourth-order valence-electron chi connectivity index (χ4n) is 4.24. The molecule has 0 aromatic carbocycles. The smallest absolute Gasteiger partial charge is 0.222 e. The zero-order chi connectivity index (χ0) is 12.5. The first-order valence-corrected chi connectivity index (χ1v) is 7.43. The molecule has 3 unspecified atom stereocenters. The molecule has 2 aliphatic carbocycles. The Bertz CT molecular complexity index is 365. The van der Waals surface area contributed by atoms with Crippen molar-refractivity contribution in [2.24, 2.45) is 23.7 Å². The summed E-state index contributed by atoms with van der Waals surface area (Å²) in [5, 5.41) is 8.86. The molecule has 18 heavy (non-hydrogen) atoms. The number of nitrogens with zero attached hydrogens (tertiary/aromatic N) is 2. The summed E-state index contributed by atoms with van der Waals surface area (Å²) >= 11 is 0. The maximum absolute atomic E-state index is 12.3. The summed E-state index contributed by atoms with van der Waals surface area (Å²) in [5.74, 6) is 2.97. The number of likely N-dealkylation sites (tertiary alicyclic amines) is 1. The molecule has 3 rings (SSSR count). The lowest BCUT2D eigenvalue weighted by Crippen LogP contribution is -2.39. The zero-order valence-corrected chi connectivity index (χ0v) is 11.0. The predicted molar refractivity (Wildman–Crippen MR) is 68.5 cm³/mol. The van der Waals surface area contributed by atoms with E-state index >= 15 is 0 Å². The van der Waals surface area contributed by atoms with Gasteiger partial charge in [0.05, 0.1) is 6.07 Å². The minimum atomic E-state index is 0.177. The van der Waals surface area contributed by atoms with E-state index in [1.165, 1.54) is 25.7 Å². The molecule has 0 N–H and O–H groups in total. The summed E-state index contributed by atoms with van der Waals surface area (Å²) < 4.78 is 0. The van der Waals surface area contributed by atoms with E-state index in [1.54, 1.807) is 0 Å². The van der Waals surface area contributed by atoms with E-state index in [4.69, 9.17) is 5.26 Å². The molecular weight excluding hydrogens is 224 g/mol. The summed E-state index contributed by atoms with van der Waals surface area (Å²) in [6.45, 7) is 1.61. The second-order valence-electron chi connectivity index (χ2n) is 6.42. The standard InChI is InChI=1S/C15H22N2O/c16-10-11-3-5-17(6-4-11)15(18)9-14-8-12-1-2-13(14)7-12/h11-14H,1-9H2. The third kappa shape index (κ3) is 2.25. The molecule has 0 aromatic rings. The first-order valence-electron chi connectivity index (χ1n) is 7.43. The number of amides is 1. The molecule has 98 valence electrons. The number of piperidine rings is 1. The van der Waals surface area contributed by atoms with Gasteiger partial charge in [0.1, 0.15) is 0 Å². The third-order valence-corrected chi connectivity index (χ3v) is 5.35. The number of fused-ring (bicyclic) bond motifs is 2. The lowest BCUT2D eigenvalue weighted by atomic mass is 9.86. The van der Waals surface area contributed by atoms with Gasteiger partial charge >= 0.3 is 0 Å². The van der Waals surface area contributed by atoms with Crippen molar-refractivity contribution in [2.45, 2.75) is 44.9 Å². The van der Waals surface area contributed by atoms with Crippen LogP contribution in [0.3, 0.4) is 0 Å². The molecule has 1 heterocycles. The average molecular weight is 246 g/mol. The number of hydrogen-bond acceptors (Lipinski definition) is 2. The van der Waals surface area contributed by atoms with Crippen LogP contribution in [0.5, 0.6) is 0 Å². The van der Waals surface area contributed by atoms with Gasteiger partial charge in [-0.05, 0) is 49.9 Å². The number of carbonyl (C=O) groups excluding carboxylic acids is 1. The Morgan fingerprint density at radius 1 is 1.17 bits per heavy atom. The molecule has 1 aliphatic heterocycles. The fraction of sp³-hybridized carbons (Fsp3) is 0.867. The monoisotopic (exact) mass is 246 g/mol. The first kappa shape index (κ1) is 12.0. The van der Waals surface area contributed by atoms with Crippen LogP contribution in [0.25, 0.3) is 0 Å². The maximum atomic E-state index is 12.3. The molecule has 3 heteroatoms. The van der Waals surface area contributed by atoms with E-state index in [-0.39, 0.29) is 5.92 Å². The second-order valence-corrected chi connectivity index (χ2v) is 6.42. The summed E-state index contributed by atoms with van der Waals surface area (Å²) in [4.78, 5) is 14.3. The van der Waals surface area contributed by atoms with Crippen LogP contribution in [0.1, 0.15) is 44.9 Å². The van der Waals surface area contributed by atoms with Crippen LogP contribution in [0, 0.1) is 35.0 Å². The van der Waals surface area contributed by atoms with E-state index in [1.807, 2.05) is 4.90 Å². The SMILES string of the molecule is N#CC1CCN(C(=O)CC2CC3CCC2C3)CC1. The average Bonchev–Trinajstić information content (AvgIpc) is 3.01. The van der Waals surface area contributed by atoms with Crippen LogP contribution in [-0.2, 0) is 4.79 Å². The number of hydrogen-bond donors (Lipinski definition) is 0. The summed E-state index contributed by atoms with van der Waals surface area (Å²) in [6.07, 6.45) is 7.97. The molecule has 2 bridgehead atoms. The molecule has 2 saturated carbocycles. The maximum Gasteiger partial charge on any atom is 0.222 e. The molecule has 0 spiro atoms. The van der Waals surface area contributed by atoms with Gasteiger partial charge < -0.3 is 4.90 Å². The van der Waals surface area contributed by atoms with Crippen LogP contribution in [-0.4, -0.2) is 23.9 Å². The van der Waals surface area contributed by atoms with E-state index in [2.05, 4.69) is 6.07 Å². The van der Waals surface area contributed by atoms with Gasteiger partial charge in [-0.2, -0.15) is 5.26 Å². The fourth-order valence-corrected chi connectivity index (χ4v) is 4.24. The van der Waals surface area contributed by atoms with Crippen molar-refractivity contribution < 1.29 is 4.79 Å². The van der Waals surface area contributed by atoms with Crippen LogP contribution >= 0.6 is 0 Å². The number of rotatable bonds is 2. The van der Waals surface area contributed by atoms with Gasteiger partial charge in [0.15, 0.2) is 0 Å². The highest BCUT2D eigenvalue weighted by atomic mass is 16.2. The van der Waals surface area contributed by atoms with Crippen LogP contribution in [0.15, 0.2) is 0 Å². The summed E-state index contributed by atoms with van der Waals surface area (Å²) in [5.41, 5.74) is 0. The summed E-state index contributed by atoms with van der Waals surface area (Å²) in [6, 6.07) is 2.32. The largest absolute Gasteiger partial charge is 0.343 e. The molecule has 3 fully saturated rings. The van der Waals surface area contributed by atoms with Crippen molar-refractivity contribution in [3.63, 3.8) is 0 Å². The van der Waals surface area contributed by atoms with Gasteiger partial charge in [0.25, 0.3) is 0 Å². The molecule has 0 aromatic heterocycles. The van der Waals surface area contributed by atoms with Crippen molar-refractivity contribution in [2.75, 3.05) is 13.1 Å². The quantitative estimate of drug-likeness (QED) is 0.751. The Kier molecular flexibility index (Phi) is 3.28. The Balaban J connectivity index is 1.49. The predicted octanol–water partition coefficient (Wildman–Crippen LogP) is 2.57. The summed E-state index contributed by atoms with van der Waals surface area (Å²) in [7, 11) is 0. The Labute approximate surface area is 109 Å². The van der Waals surface area contributed by atoms with Crippen molar-refractivity contribution in [3.8, 4) is 6.07 Å². The molecule has 3 atom stereocenters. The van der Waals surface area contributed by atoms with E-state index < -0.39 is 0 Å². The van der Waals surface area contributed by atoms with Crippen molar-refractivity contribution in [1.82, 2.24) is 4.90 Å². The minimum absolute atomic E-state index is 0.177. The Morgan fingerprint density at radius 3 is 2.50 bits per heavy atom.